The van der Waals surface area contributed by atoms with Gasteiger partial charge >= 0.3 is 6.61 Å². The Balaban J connectivity index is 1.53. The Labute approximate surface area is 171 Å². The molecule has 0 spiro atoms. The number of nitrogens with zero attached hydrogens (tertiary/aromatic N) is 3. The summed E-state index contributed by atoms with van der Waals surface area (Å²) in [5, 5.41) is 10.8. The third-order valence-electron chi connectivity index (χ3n) is 4.51. The lowest BCUT2D eigenvalue weighted by molar-refractivity contribution is -0.116. The first kappa shape index (κ1) is 19.5. The number of ether oxygens (including phenoxy) is 1. The largest absolute Gasteiger partial charge is 0.435 e. The molecule has 3 aromatic carbocycles. The van der Waals surface area contributed by atoms with E-state index >= 15 is 0 Å². The van der Waals surface area contributed by atoms with Crippen molar-refractivity contribution in [2.75, 3.05) is 5.32 Å². The van der Waals surface area contributed by atoms with Gasteiger partial charge in [-0.15, -0.1) is 5.10 Å². The number of carbonyl (C=O) groups is 1. The molecule has 1 amide bonds. The van der Waals surface area contributed by atoms with Crippen LogP contribution in [0.5, 0.6) is 5.75 Å². The van der Waals surface area contributed by atoms with E-state index in [0.29, 0.717) is 23.2 Å². The number of anilines is 1. The van der Waals surface area contributed by atoms with Crippen LogP contribution in [0.2, 0.25) is 0 Å². The van der Waals surface area contributed by atoms with Gasteiger partial charge in [0.25, 0.3) is 0 Å². The molecule has 1 N–H and O–H groups in total. The van der Waals surface area contributed by atoms with E-state index in [2.05, 4.69) is 20.4 Å². The minimum atomic E-state index is -2.93. The van der Waals surface area contributed by atoms with E-state index in [1.807, 2.05) is 54.6 Å². The maximum absolute atomic E-state index is 12.8. The summed E-state index contributed by atoms with van der Waals surface area (Å²) in [5.74, 6) is -0.229. The zero-order valence-electron chi connectivity index (χ0n) is 15.8. The number of aromatic nitrogens is 3. The smallest absolute Gasteiger partial charge is 0.387 e. The molecule has 6 nitrogen and oxygen atoms in total. The van der Waals surface area contributed by atoms with Crippen molar-refractivity contribution in [3.05, 3.63) is 83.9 Å². The molecule has 0 aliphatic carbocycles. The zero-order chi connectivity index (χ0) is 20.9. The molecule has 0 saturated carbocycles. The zero-order valence-corrected chi connectivity index (χ0v) is 15.8. The fraction of sp³-hybridized carbons (Fsp3) is 0.136. The molecule has 0 aliphatic heterocycles. The molecule has 0 atom stereocenters. The van der Waals surface area contributed by atoms with E-state index in [4.69, 9.17) is 0 Å². The number of benzene rings is 3. The average Bonchev–Trinajstić information content (AvgIpc) is 3.13. The second kappa shape index (κ2) is 8.69. The second-order valence-electron chi connectivity index (χ2n) is 6.65. The normalized spacial score (nSPS) is 11.0. The van der Waals surface area contributed by atoms with Gasteiger partial charge < -0.3 is 10.1 Å². The van der Waals surface area contributed by atoms with E-state index in [-0.39, 0.29) is 18.2 Å². The highest BCUT2D eigenvalue weighted by molar-refractivity contribution is 5.91. The number of para-hydroxylation sites is 1. The lowest BCUT2D eigenvalue weighted by atomic mass is 10.0. The van der Waals surface area contributed by atoms with Gasteiger partial charge in [-0.2, -0.15) is 8.78 Å². The molecule has 0 fully saturated rings. The minimum absolute atomic E-state index is 0.0240. The maximum Gasteiger partial charge on any atom is 0.387 e. The summed E-state index contributed by atoms with van der Waals surface area (Å²) in [6.45, 7) is -2.95. The molecule has 1 aromatic heterocycles. The molecule has 0 radical (unpaired) electrons. The summed E-state index contributed by atoms with van der Waals surface area (Å²) in [5.41, 5.74) is 3.42. The molecule has 0 aliphatic rings. The lowest BCUT2D eigenvalue weighted by Crippen LogP contribution is -2.19. The minimum Gasteiger partial charge on any atom is -0.435 e. The monoisotopic (exact) mass is 408 g/mol. The standard InChI is InChI=1S/C22H18F2N4O2/c23-22(24)30-20-11-10-17(13-16(20)12-15-6-2-1-3-7-15)25-21(29)14-28-19-9-5-4-8-18(19)26-27-28/h1-11,13,22H,12,14H2,(H,25,29). The highest BCUT2D eigenvalue weighted by Crippen LogP contribution is 2.27. The Bertz CT molecular complexity index is 1160. The summed E-state index contributed by atoms with van der Waals surface area (Å²) in [6.07, 6.45) is 0.389. The van der Waals surface area contributed by atoms with E-state index in [1.165, 1.54) is 16.8 Å². The van der Waals surface area contributed by atoms with Crippen molar-refractivity contribution in [2.24, 2.45) is 0 Å². The third kappa shape index (κ3) is 4.60. The van der Waals surface area contributed by atoms with E-state index in [1.54, 1.807) is 6.07 Å². The Morgan fingerprint density at radius 1 is 1.03 bits per heavy atom. The fourth-order valence-corrected chi connectivity index (χ4v) is 3.19. The molecule has 4 aromatic rings. The van der Waals surface area contributed by atoms with Crippen LogP contribution in [-0.2, 0) is 17.8 Å². The number of rotatable bonds is 7. The maximum atomic E-state index is 12.8. The molecule has 30 heavy (non-hydrogen) atoms. The van der Waals surface area contributed by atoms with Crippen molar-refractivity contribution in [1.29, 1.82) is 0 Å². The van der Waals surface area contributed by atoms with E-state index in [9.17, 15) is 13.6 Å². The molecule has 0 unspecified atom stereocenters. The van der Waals surface area contributed by atoms with Gasteiger partial charge in [0.2, 0.25) is 5.91 Å². The van der Waals surface area contributed by atoms with Crippen LogP contribution < -0.4 is 10.1 Å². The van der Waals surface area contributed by atoms with Crippen LogP contribution in [0, 0.1) is 0 Å². The first-order valence-corrected chi connectivity index (χ1v) is 9.28. The number of amides is 1. The quantitative estimate of drug-likeness (QED) is 0.496. The van der Waals surface area contributed by atoms with Crippen LogP contribution in [0.25, 0.3) is 11.0 Å². The van der Waals surface area contributed by atoms with Gasteiger partial charge in [0.15, 0.2) is 0 Å². The number of hydrogen-bond acceptors (Lipinski definition) is 4. The number of alkyl halides is 2. The Hall–Kier alpha value is -3.81. The van der Waals surface area contributed by atoms with Crippen LogP contribution in [0.4, 0.5) is 14.5 Å². The highest BCUT2D eigenvalue weighted by atomic mass is 19.3. The van der Waals surface area contributed by atoms with Gasteiger partial charge in [-0.25, -0.2) is 4.68 Å². The number of halogens is 2. The number of nitrogens with one attached hydrogen (secondary N) is 1. The molecule has 0 saturated heterocycles. The molecule has 0 bridgehead atoms. The average molecular weight is 408 g/mol. The number of fused-ring (bicyclic) bond motifs is 1. The molecule has 4 rings (SSSR count). The first-order chi connectivity index (χ1) is 14.6. The summed E-state index contributed by atoms with van der Waals surface area (Å²) in [4.78, 5) is 12.5. The summed E-state index contributed by atoms with van der Waals surface area (Å²) < 4.78 is 31.7. The van der Waals surface area contributed by atoms with Crippen LogP contribution in [0.3, 0.4) is 0 Å². The molecule has 152 valence electrons. The molecular formula is C22H18F2N4O2. The number of carbonyl (C=O) groups excluding carboxylic acids is 1. The Kier molecular flexibility index (Phi) is 5.65. The highest BCUT2D eigenvalue weighted by Gasteiger charge is 2.13. The van der Waals surface area contributed by atoms with Gasteiger partial charge in [0, 0.05) is 17.7 Å². The van der Waals surface area contributed by atoms with E-state index in [0.717, 1.165) is 11.1 Å². The SMILES string of the molecule is O=C(Cn1nnc2ccccc21)Nc1ccc(OC(F)F)c(Cc2ccccc2)c1. The molecule has 1 heterocycles. The summed E-state index contributed by atoms with van der Waals surface area (Å²) in [6, 6.07) is 21.4. The molecular weight excluding hydrogens is 390 g/mol. The first-order valence-electron chi connectivity index (χ1n) is 9.28. The van der Waals surface area contributed by atoms with Gasteiger partial charge in [0.1, 0.15) is 17.8 Å². The van der Waals surface area contributed by atoms with Gasteiger partial charge in [-0.05, 0) is 35.9 Å². The predicted octanol–water partition coefficient (Wildman–Crippen LogP) is 4.26. The van der Waals surface area contributed by atoms with Crippen LogP contribution in [0.1, 0.15) is 11.1 Å². The van der Waals surface area contributed by atoms with Gasteiger partial charge in [-0.3, -0.25) is 4.79 Å². The van der Waals surface area contributed by atoms with Crippen LogP contribution >= 0.6 is 0 Å². The van der Waals surface area contributed by atoms with Crippen molar-refractivity contribution in [1.82, 2.24) is 15.0 Å². The van der Waals surface area contributed by atoms with Crippen LogP contribution in [-0.4, -0.2) is 27.5 Å². The third-order valence-corrected chi connectivity index (χ3v) is 4.51. The van der Waals surface area contributed by atoms with Crippen molar-refractivity contribution < 1.29 is 18.3 Å². The van der Waals surface area contributed by atoms with E-state index < -0.39 is 6.61 Å². The summed E-state index contributed by atoms with van der Waals surface area (Å²) >= 11 is 0. The summed E-state index contributed by atoms with van der Waals surface area (Å²) in [7, 11) is 0. The topological polar surface area (TPSA) is 69.0 Å². The van der Waals surface area contributed by atoms with Gasteiger partial charge in [0.05, 0.1) is 5.52 Å². The van der Waals surface area contributed by atoms with Crippen molar-refractivity contribution in [3.63, 3.8) is 0 Å². The van der Waals surface area contributed by atoms with Gasteiger partial charge in [-0.1, -0.05) is 47.7 Å². The van der Waals surface area contributed by atoms with Crippen LogP contribution in [0.15, 0.2) is 72.8 Å². The second-order valence-corrected chi connectivity index (χ2v) is 6.65. The van der Waals surface area contributed by atoms with Crippen molar-refractivity contribution >= 4 is 22.6 Å². The fourth-order valence-electron chi connectivity index (χ4n) is 3.19. The number of hydrogen-bond donors (Lipinski definition) is 1. The Morgan fingerprint density at radius 2 is 1.80 bits per heavy atom. The van der Waals surface area contributed by atoms with Crippen molar-refractivity contribution in [2.45, 2.75) is 19.6 Å². The lowest BCUT2D eigenvalue weighted by Gasteiger charge is -2.13. The Morgan fingerprint density at radius 3 is 2.60 bits per heavy atom. The van der Waals surface area contributed by atoms with Crippen molar-refractivity contribution in [3.8, 4) is 5.75 Å². The molecule has 8 heteroatoms. The predicted molar refractivity (Wildman–Crippen MR) is 108 cm³/mol.